The van der Waals surface area contributed by atoms with Crippen LogP contribution in [-0.2, 0) is 11.2 Å². The maximum atomic E-state index is 11.7. The fourth-order valence-electron chi connectivity index (χ4n) is 2.14. The molecule has 1 amide bonds. The van der Waals surface area contributed by atoms with Crippen LogP contribution in [0.5, 0.6) is 5.75 Å². The molecule has 8 heteroatoms. The van der Waals surface area contributed by atoms with E-state index in [-0.39, 0.29) is 24.4 Å². The lowest BCUT2D eigenvalue weighted by atomic mass is 10.2. The van der Waals surface area contributed by atoms with Gasteiger partial charge in [0, 0.05) is 31.0 Å². The Morgan fingerprint density at radius 2 is 2.08 bits per heavy atom. The van der Waals surface area contributed by atoms with Gasteiger partial charge in [0.2, 0.25) is 17.6 Å². The van der Waals surface area contributed by atoms with E-state index in [9.17, 15) is 4.79 Å². The van der Waals surface area contributed by atoms with Gasteiger partial charge in [-0.25, -0.2) is 0 Å². The Balaban J connectivity index is 0.00000312. The molecule has 0 aliphatic rings. The van der Waals surface area contributed by atoms with Crippen molar-refractivity contribution in [2.75, 3.05) is 13.7 Å². The maximum absolute atomic E-state index is 11.7. The molecule has 1 unspecified atom stereocenters. The third kappa shape index (κ3) is 7.11. The van der Waals surface area contributed by atoms with Gasteiger partial charge in [0.05, 0.1) is 7.11 Å². The van der Waals surface area contributed by atoms with Crippen molar-refractivity contribution in [2.24, 2.45) is 5.73 Å². The zero-order valence-corrected chi connectivity index (χ0v) is 15.3. The topological polar surface area (TPSA) is 103 Å². The molecule has 3 N–H and O–H groups in total. The van der Waals surface area contributed by atoms with E-state index in [1.807, 2.05) is 31.2 Å². The van der Waals surface area contributed by atoms with E-state index in [2.05, 4.69) is 15.5 Å². The van der Waals surface area contributed by atoms with Crippen LogP contribution in [0.1, 0.15) is 32.1 Å². The first-order chi connectivity index (χ1) is 11.6. The summed E-state index contributed by atoms with van der Waals surface area (Å²) < 4.78 is 10.3. The molecule has 1 heterocycles. The van der Waals surface area contributed by atoms with Gasteiger partial charge in [0.1, 0.15) is 5.75 Å². The Hall–Kier alpha value is -2.12. The highest BCUT2D eigenvalue weighted by Crippen LogP contribution is 2.20. The second-order valence-corrected chi connectivity index (χ2v) is 5.71. The molecule has 1 aromatic heterocycles. The predicted molar refractivity (Wildman–Crippen MR) is 97.7 cm³/mol. The van der Waals surface area contributed by atoms with Crippen LogP contribution in [0.15, 0.2) is 28.8 Å². The van der Waals surface area contributed by atoms with E-state index in [4.69, 9.17) is 15.0 Å². The average Bonchev–Trinajstić information content (AvgIpc) is 3.03. The van der Waals surface area contributed by atoms with E-state index in [1.54, 1.807) is 7.11 Å². The third-order valence-corrected chi connectivity index (χ3v) is 3.53. The third-order valence-electron chi connectivity index (χ3n) is 3.53. The molecule has 0 bridgehead atoms. The summed E-state index contributed by atoms with van der Waals surface area (Å²) in [5.74, 6) is 1.86. The van der Waals surface area contributed by atoms with Crippen molar-refractivity contribution in [2.45, 2.75) is 38.6 Å². The van der Waals surface area contributed by atoms with Crippen LogP contribution in [0.25, 0.3) is 11.4 Å². The van der Waals surface area contributed by atoms with Crippen LogP contribution in [0.3, 0.4) is 0 Å². The van der Waals surface area contributed by atoms with Gasteiger partial charge >= 0.3 is 0 Å². The molecule has 0 aliphatic heterocycles. The second-order valence-electron chi connectivity index (χ2n) is 5.71. The molecule has 0 fully saturated rings. The number of nitrogens with zero attached hydrogens (tertiary/aromatic N) is 2. The monoisotopic (exact) mass is 368 g/mol. The number of carbonyl (C=O) groups is 1. The molecule has 0 radical (unpaired) electrons. The first-order valence-electron chi connectivity index (χ1n) is 8.07. The largest absolute Gasteiger partial charge is 0.497 e. The van der Waals surface area contributed by atoms with Gasteiger partial charge in [-0.05, 0) is 44.0 Å². The number of nitrogens with two attached hydrogens (primary N) is 1. The molecule has 1 aromatic carbocycles. The van der Waals surface area contributed by atoms with Gasteiger partial charge in [0.25, 0.3) is 0 Å². The molecule has 0 spiro atoms. The lowest BCUT2D eigenvalue weighted by Crippen LogP contribution is -2.28. The molecule has 0 aliphatic carbocycles. The van der Waals surface area contributed by atoms with Gasteiger partial charge in [0.15, 0.2) is 0 Å². The number of hydrogen-bond donors (Lipinski definition) is 2. The van der Waals surface area contributed by atoms with Gasteiger partial charge < -0.3 is 20.3 Å². The molecule has 138 valence electrons. The highest BCUT2D eigenvalue weighted by atomic mass is 35.5. The molecule has 0 saturated carbocycles. The highest BCUT2D eigenvalue weighted by Gasteiger charge is 2.10. The Morgan fingerprint density at radius 3 is 2.72 bits per heavy atom. The number of aromatic nitrogens is 2. The standard InChI is InChI=1S/C17H24N4O3.ClH/c1-12(18)10-11-19-15(22)4-3-5-16-20-17(21-24-16)13-6-8-14(23-2)9-7-13;/h6-9,12H,3-5,10-11,18H2,1-2H3,(H,19,22);1H. The van der Waals surface area contributed by atoms with Crippen LogP contribution in [0.2, 0.25) is 0 Å². The molecular formula is C17H25ClN4O3. The predicted octanol–water partition coefficient (Wildman–Crippen LogP) is 2.34. The summed E-state index contributed by atoms with van der Waals surface area (Å²) >= 11 is 0. The molecular weight excluding hydrogens is 344 g/mol. The number of carbonyl (C=O) groups excluding carboxylic acids is 1. The van der Waals surface area contributed by atoms with Crippen LogP contribution in [-0.4, -0.2) is 35.7 Å². The summed E-state index contributed by atoms with van der Waals surface area (Å²) in [4.78, 5) is 16.0. The summed E-state index contributed by atoms with van der Waals surface area (Å²) in [5.41, 5.74) is 6.50. The zero-order chi connectivity index (χ0) is 17.4. The van der Waals surface area contributed by atoms with Crippen molar-refractivity contribution in [3.05, 3.63) is 30.2 Å². The molecule has 2 aromatic rings. The normalized spacial score (nSPS) is 11.5. The molecule has 1 atom stereocenters. The Kier molecular flexibility index (Phi) is 8.94. The Bertz CT molecular complexity index is 644. The number of halogens is 1. The molecule has 7 nitrogen and oxygen atoms in total. The van der Waals surface area contributed by atoms with Crippen molar-refractivity contribution < 1.29 is 14.1 Å². The zero-order valence-electron chi connectivity index (χ0n) is 14.5. The number of amides is 1. The highest BCUT2D eigenvalue weighted by molar-refractivity contribution is 5.85. The van der Waals surface area contributed by atoms with Crippen molar-refractivity contribution in [3.63, 3.8) is 0 Å². The quantitative estimate of drug-likeness (QED) is 0.704. The number of aryl methyl sites for hydroxylation is 1. The van der Waals surface area contributed by atoms with E-state index in [0.717, 1.165) is 17.7 Å². The minimum Gasteiger partial charge on any atom is -0.497 e. The minimum atomic E-state index is 0. The van der Waals surface area contributed by atoms with Crippen LogP contribution in [0, 0.1) is 0 Å². The number of ether oxygens (including phenoxy) is 1. The van der Waals surface area contributed by atoms with Gasteiger partial charge in [-0.15, -0.1) is 12.4 Å². The number of hydrogen-bond acceptors (Lipinski definition) is 6. The SMILES string of the molecule is COc1ccc(-c2noc(CCCC(=O)NCCC(C)N)n2)cc1.Cl. The van der Waals surface area contributed by atoms with Gasteiger partial charge in [-0.3, -0.25) is 4.79 Å². The fourth-order valence-corrected chi connectivity index (χ4v) is 2.14. The summed E-state index contributed by atoms with van der Waals surface area (Å²) in [5, 5.41) is 6.81. The van der Waals surface area contributed by atoms with Crippen LogP contribution < -0.4 is 15.8 Å². The van der Waals surface area contributed by atoms with Crippen LogP contribution >= 0.6 is 12.4 Å². The van der Waals surface area contributed by atoms with E-state index >= 15 is 0 Å². The van der Waals surface area contributed by atoms with Gasteiger partial charge in [-0.2, -0.15) is 4.98 Å². The van der Waals surface area contributed by atoms with Crippen LogP contribution in [0.4, 0.5) is 0 Å². The van der Waals surface area contributed by atoms with Gasteiger partial charge in [-0.1, -0.05) is 5.16 Å². The average molecular weight is 369 g/mol. The molecule has 25 heavy (non-hydrogen) atoms. The summed E-state index contributed by atoms with van der Waals surface area (Å²) in [6.45, 7) is 2.53. The van der Waals surface area contributed by atoms with Crippen molar-refractivity contribution >= 4 is 18.3 Å². The first-order valence-corrected chi connectivity index (χ1v) is 8.07. The minimum absolute atomic E-state index is 0. The van der Waals surface area contributed by atoms with E-state index in [1.165, 1.54) is 0 Å². The number of methoxy groups -OCH3 is 1. The van der Waals surface area contributed by atoms with Crippen molar-refractivity contribution in [3.8, 4) is 17.1 Å². The lowest BCUT2D eigenvalue weighted by molar-refractivity contribution is -0.121. The molecule has 2 rings (SSSR count). The molecule has 0 saturated heterocycles. The fraction of sp³-hybridized carbons (Fsp3) is 0.471. The van der Waals surface area contributed by atoms with E-state index < -0.39 is 0 Å². The number of rotatable bonds is 9. The number of nitrogens with one attached hydrogen (secondary N) is 1. The summed E-state index contributed by atoms with van der Waals surface area (Å²) in [6.07, 6.45) is 2.44. The second kappa shape index (κ2) is 10.7. The Labute approximate surface area is 153 Å². The van der Waals surface area contributed by atoms with E-state index in [0.29, 0.717) is 37.5 Å². The van der Waals surface area contributed by atoms with Crippen molar-refractivity contribution in [1.29, 1.82) is 0 Å². The summed E-state index contributed by atoms with van der Waals surface area (Å²) in [7, 11) is 1.62. The summed E-state index contributed by atoms with van der Waals surface area (Å²) in [6, 6.07) is 7.54. The Morgan fingerprint density at radius 1 is 1.36 bits per heavy atom. The van der Waals surface area contributed by atoms with Crippen molar-refractivity contribution in [1.82, 2.24) is 15.5 Å². The first kappa shape index (κ1) is 20.9. The maximum Gasteiger partial charge on any atom is 0.226 e. The smallest absolute Gasteiger partial charge is 0.226 e. The lowest BCUT2D eigenvalue weighted by Gasteiger charge is -2.06. The number of benzene rings is 1.